The SMILES string of the molecule is c1ccc(-c2ccc3c4ccc5c(c6ccccc6n5-c5ccccc5)c4n(-c4cc(-c5ccccc5)nc(-c5ccccc5)n4)c3c2)cc1. The molecule has 0 N–H and O–H groups in total. The topological polar surface area (TPSA) is 35.6 Å². The normalized spacial score (nSPS) is 11.6. The Labute approximate surface area is 289 Å². The van der Waals surface area contributed by atoms with Gasteiger partial charge in [-0.3, -0.25) is 4.57 Å². The lowest BCUT2D eigenvalue weighted by atomic mass is 10.0. The Hall–Kier alpha value is -6.78. The first kappa shape index (κ1) is 28.3. The number of para-hydroxylation sites is 2. The van der Waals surface area contributed by atoms with E-state index in [0.717, 1.165) is 50.4 Å². The highest BCUT2D eigenvalue weighted by Crippen LogP contribution is 2.43. The summed E-state index contributed by atoms with van der Waals surface area (Å²) in [6, 6.07) is 64.2. The predicted molar refractivity (Wildman–Crippen MR) is 207 cm³/mol. The van der Waals surface area contributed by atoms with Gasteiger partial charge in [0.2, 0.25) is 0 Å². The molecule has 4 nitrogen and oxygen atoms in total. The van der Waals surface area contributed by atoms with E-state index >= 15 is 0 Å². The zero-order valence-electron chi connectivity index (χ0n) is 27.1. The van der Waals surface area contributed by atoms with Crippen molar-refractivity contribution < 1.29 is 0 Å². The van der Waals surface area contributed by atoms with Gasteiger partial charge in [-0.15, -0.1) is 0 Å². The summed E-state index contributed by atoms with van der Waals surface area (Å²) in [5.41, 5.74) is 10.9. The summed E-state index contributed by atoms with van der Waals surface area (Å²) in [4.78, 5) is 10.5. The van der Waals surface area contributed by atoms with Crippen molar-refractivity contribution in [1.29, 1.82) is 0 Å². The standard InChI is InChI=1S/C46H30N4/c1-5-15-31(16-6-1)34-25-26-36-37-27-28-41-44(38-23-13-14-24-40(38)49(41)35-21-11-4-12-22-35)45(37)50(42(36)29-34)43-30-39(32-17-7-2-8-18-32)47-46(48-43)33-19-9-3-10-20-33/h1-30H. The Morgan fingerprint density at radius 2 is 0.980 bits per heavy atom. The molecule has 0 unspecified atom stereocenters. The molecule has 50 heavy (non-hydrogen) atoms. The van der Waals surface area contributed by atoms with Crippen LogP contribution in [0, 0.1) is 0 Å². The number of nitrogens with zero attached hydrogens (tertiary/aromatic N) is 4. The van der Waals surface area contributed by atoms with E-state index in [1.54, 1.807) is 0 Å². The van der Waals surface area contributed by atoms with E-state index in [-0.39, 0.29) is 0 Å². The van der Waals surface area contributed by atoms with Gasteiger partial charge in [-0.05, 0) is 41.5 Å². The van der Waals surface area contributed by atoms with Gasteiger partial charge >= 0.3 is 0 Å². The molecular formula is C46H30N4. The fraction of sp³-hybridized carbons (Fsp3) is 0. The molecule has 10 rings (SSSR count). The lowest BCUT2D eigenvalue weighted by Crippen LogP contribution is -2.03. The summed E-state index contributed by atoms with van der Waals surface area (Å²) in [6.07, 6.45) is 0. The van der Waals surface area contributed by atoms with Crippen LogP contribution in [-0.2, 0) is 0 Å². The van der Waals surface area contributed by atoms with Crippen LogP contribution in [0.5, 0.6) is 0 Å². The van der Waals surface area contributed by atoms with Crippen LogP contribution in [0.25, 0.3) is 88.9 Å². The Kier molecular flexibility index (Phi) is 6.46. The van der Waals surface area contributed by atoms with Crippen LogP contribution >= 0.6 is 0 Å². The lowest BCUT2D eigenvalue weighted by Gasteiger charge is -2.13. The van der Waals surface area contributed by atoms with Crippen molar-refractivity contribution in [2.75, 3.05) is 0 Å². The van der Waals surface area contributed by atoms with Crippen LogP contribution in [0.4, 0.5) is 0 Å². The molecule has 0 radical (unpaired) electrons. The zero-order chi connectivity index (χ0) is 33.0. The van der Waals surface area contributed by atoms with E-state index in [1.807, 2.05) is 24.3 Å². The van der Waals surface area contributed by atoms with E-state index in [0.29, 0.717) is 5.82 Å². The maximum absolute atomic E-state index is 5.37. The number of fused-ring (bicyclic) bond motifs is 7. The highest BCUT2D eigenvalue weighted by Gasteiger charge is 2.23. The Bertz CT molecular complexity index is 2780. The molecule has 0 atom stereocenters. The number of hydrogen-bond donors (Lipinski definition) is 0. The Morgan fingerprint density at radius 3 is 1.72 bits per heavy atom. The van der Waals surface area contributed by atoms with Crippen LogP contribution in [0.1, 0.15) is 0 Å². The second-order valence-electron chi connectivity index (χ2n) is 12.6. The average molecular weight is 639 g/mol. The third-order valence-electron chi connectivity index (χ3n) is 9.73. The minimum Gasteiger partial charge on any atom is -0.309 e. The molecular weight excluding hydrogens is 609 g/mol. The minimum atomic E-state index is 0.690. The fourth-order valence-corrected chi connectivity index (χ4v) is 7.48. The van der Waals surface area contributed by atoms with Gasteiger partial charge < -0.3 is 4.57 Å². The van der Waals surface area contributed by atoms with Gasteiger partial charge in [-0.2, -0.15) is 0 Å². The van der Waals surface area contributed by atoms with Crippen molar-refractivity contribution in [3.05, 3.63) is 182 Å². The van der Waals surface area contributed by atoms with Gasteiger partial charge in [0, 0.05) is 44.4 Å². The van der Waals surface area contributed by atoms with E-state index in [2.05, 4.69) is 167 Å². The predicted octanol–water partition coefficient (Wildman–Crippen LogP) is 11.7. The molecule has 7 aromatic carbocycles. The highest BCUT2D eigenvalue weighted by atomic mass is 15.1. The zero-order valence-corrected chi connectivity index (χ0v) is 27.1. The molecule has 4 heteroatoms. The maximum Gasteiger partial charge on any atom is 0.162 e. The molecule has 0 aliphatic heterocycles. The van der Waals surface area contributed by atoms with Gasteiger partial charge in [0.1, 0.15) is 5.82 Å². The molecule has 0 aliphatic carbocycles. The Balaban J connectivity index is 1.39. The first-order valence-corrected chi connectivity index (χ1v) is 16.9. The molecule has 0 fully saturated rings. The van der Waals surface area contributed by atoms with Gasteiger partial charge in [0.05, 0.1) is 27.8 Å². The second kappa shape index (κ2) is 11.4. The molecule has 234 valence electrons. The van der Waals surface area contributed by atoms with Crippen molar-refractivity contribution in [1.82, 2.24) is 19.1 Å². The molecule has 3 heterocycles. The largest absolute Gasteiger partial charge is 0.309 e. The van der Waals surface area contributed by atoms with Crippen LogP contribution in [0.3, 0.4) is 0 Å². The van der Waals surface area contributed by atoms with Crippen molar-refractivity contribution in [2.24, 2.45) is 0 Å². The Morgan fingerprint density at radius 1 is 0.360 bits per heavy atom. The second-order valence-corrected chi connectivity index (χ2v) is 12.6. The summed E-state index contributed by atoms with van der Waals surface area (Å²) in [5, 5.41) is 4.76. The van der Waals surface area contributed by atoms with E-state index in [9.17, 15) is 0 Å². The van der Waals surface area contributed by atoms with Crippen molar-refractivity contribution in [3.8, 4) is 45.3 Å². The van der Waals surface area contributed by atoms with Crippen LogP contribution in [0.15, 0.2) is 182 Å². The number of rotatable bonds is 5. The van der Waals surface area contributed by atoms with Crippen molar-refractivity contribution in [3.63, 3.8) is 0 Å². The fourth-order valence-electron chi connectivity index (χ4n) is 7.48. The molecule has 0 amide bonds. The van der Waals surface area contributed by atoms with Gasteiger partial charge in [0.25, 0.3) is 0 Å². The summed E-state index contributed by atoms with van der Waals surface area (Å²) >= 11 is 0. The van der Waals surface area contributed by atoms with Crippen LogP contribution in [0.2, 0.25) is 0 Å². The summed E-state index contributed by atoms with van der Waals surface area (Å²) in [6.45, 7) is 0. The first-order valence-electron chi connectivity index (χ1n) is 16.9. The van der Waals surface area contributed by atoms with Crippen LogP contribution in [-0.4, -0.2) is 19.1 Å². The smallest absolute Gasteiger partial charge is 0.162 e. The first-order chi connectivity index (χ1) is 24.8. The van der Waals surface area contributed by atoms with Gasteiger partial charge in [0.15, 0.2) is 5.82 Å². The monoisotopic (exact) mass is 638 g/mol. The molecule has 3 aromatic heterocycles. The number of aromatic nitrogens is 4. The molecule has 0 bridgehead atoms. The lowest BCUT2D eigenvalue weighted by molar-refractivity contribution is 1.05. The average Bonchev–Trinajstić information content (AvgIpc) is 3.71. The van der Waals surface area contributed by atoms with Crippen molar-refractivity contribution in [2.45, 2.75) is 0 Å². The third kappa shape index (κ3) is 4.46. The number of hydrogen-bond acceptors (Lipinski definition) is 2. The van der Waals surface area contributed by atoms with Crippen LogP contribution < -0.4 is 0 Å². The van der Waals surface area contributed by atoms with Gasteiger partial charge in [-0.25, -0.2) is 9.97 Å². The summed E-state index contributed by atoms with van der Waals surface area (Å²) in [7, 11) is 0. The van der Waals surface area contributed by atoms with Gasteiger partial charge in [-0.1, -0.05) is 146 Å². The quantitative estimate of drug-likeness (QED) is 0.188. The molecule has 10 aromatic rings. The van der Waals surface area contributed by atoms with E-state index in [1.165, 1.54) is 32.6 Å². The third-order valence-corrected chi connectivity index (χ3v) is 9.73. The van der Waals surface area contributed by atoms with E-state index < -0.39 is 0 Å². The van der Waals surface area contributed by atoms with E-state index in [4.69, 9.17) is 9.97 Å². The number of benzene rings is 7. The van der Waals surface area contributed by atoms with Crippen molar-refractivity contribution >= 4 is 43.6 Å². The molecule has 0 saturated carbocycles. The highest BCUT2D eigenvalue weighted by molar-refractivity contribution is 6.26. The molecule has 0 saturated heterocycles. The molecule has 0 spiro atoms. The molecule has 0 aliphatic rings. The summed E-state index contributed by atoms with van der Waals surface area (Å²) in [5.74, 6) is 1.52. The minimum absolute atomic E-state index is 0.690. The summed E-state index contributed by atoms with van der Waals surface area (Å²) < 4.78 is 4.76. The maximum atomic E-state index is 5.37.